The van der Waals surface area contributed by atoms with Crippen molar-refractivity contribution in [2.75, 3.05) is 13.1 Å². The lowest BCUT2D eigenvalue weighted by Gasteiger charge is -2.36. The number of carbonyl (C=O) groups excluding carboxylic acids is 1. The highest BCUT2D eigenvalue weighted by atomic mass is 19.1. The summed E-state index contributed by atoms with van der Waals surface area (Å²) in [6, 6.07) is 3.00. The van der Waals surface area contributed by atoms with Gasteiger partial charge in [0.15, 0.2) is 17.7 Å². The fourth-order valence-corrected chi connectivity index (χ4v) is 2.43. The summed E-state index contributed by atoms with van der Waals surface area (Å²) in [6.07, 6.45) is -0.942. The molecule has 1 heterocycles. The number of hydrogen-bond donors (Lipinski definition) is 0. The number of nitrogens with zero attached hydrogens (tertiary/aromatic N) is 1. The van der Waals surface area contributed by atoms with E-state index in [1.54, 1.807) is 11.8 Å². The molecule has 0 saturated carbocycles. The Kier molecular flexibility index (Phi) is 4.77. The van der Waals surface area contributed by atoms with Crippen molar-refractivity contribution in [3.63, 3.8) is 0 Å². The summed E-state index contributed by atoms with van der Waals surface area (Å²) >= 11 is 0. The summed E-state index contributed by atoms with van der Waals surface area (Å²) < 4.78 is 37.2. The first-order valence-electron chi connectivity index (χ1n) is 6.92. The molecule has 4 nitrogen and oxygen atoms in total. The van der Waals surface area contributed by atoms with Gasteiger partial charge >= 0.3 is 0 Å². The highest BCUT2D eigenvalue weighted by Gasteiger charge is 2.29. The van der Waals surface area contributed by atoms with Gasteiger partial charge in [0.05, 0.1) is 12.2 Å². The van der Waals surface area contributed by atoms with E-state index in [1.807, 2.05) is 13.8 Å². The van der Waals surface area contributed by atoms with E-state index in [1.165, 1.54) is 6.07 Å². The molecule has 1 aliphatic heterocycles. The Balaban J connectivity index is 2.02. The van der Waals surface area contributed by atoms with E-state index in [-0.39, 0.29) is 23.9 Å². The Morgan fingerprint density at radius 1 is 1.33 bits per heavy atom. The monoisotopic (exact) mass is 299 g/mol. The number of ether oxygens (including phenoxy) is 2. The zero-order valence-electron chi connectivity index (χ0n) is 12.3. The number of amides is 1. The standard InChI is InChI=1S/C15H19F2NO3/c1-9-7-18(8-10(2)20-9)15(19)11(3)21-14-5-4-12(16)6-13(14)17/h4-6,9-11H,7-8H2,1-3H3/t9-,10-,11-/m1/s1. The van der Waals surface area contributed by atoms with E-state index >= 15 is 0 Å². The van der Waals surface area contributed by atoms with Crippen molar-refractivity contribution in [1.29, 1.82) is 0 Å². The molecule has 3 atom stereocenters. The van der Waals surface area contributed by atoms with Crippen LogP contribution < -0.4 is 4.74 Å². The molecule has 21 heavy (non-hydrogen) atoms. The van der Waals surface area contributed by atoms with Crippen molar-refractivity contribution >= 4 is 5.91 Å². The van der Waals surface area contributed by atoms with Crippen LogP contribution in [0.15, 0.2) is 18.2 Å². The molecule has 1 aliphatic rings. The largest absolute Gasteiger partial charge is 0.478 e. The van der Waals surface area contributed by atoms with Crippen LogP contribution in [0.1, 0.15) is 20.8 Å². The Hall–Kier alpha value is -1.69. The van der Waals surface area contributed by atoms with Gasteiger partial charge in [-0.2, -0.15) is 0 Å². The maximum absolute atomic E-state index is 13.5. The van der Waals surface area contributed by atoms with E-state index in [0.717, 1.165) is 12.1 Å². The normalized spacial score (nSPS) is 23.8. The van der Waals surface area contributed by atoms with Crippen LogP contribution in [0.25, 0.3) is 0 Å². The van der Waals surface area contributed by atoms with Crippen LogP contribution in [0, 0.1) is 11.6 Å². The van der Waals surface area contributed by atoms with Gasteiger partial charge in [-0.1, -0.05) is 0 Å². The van der Waals surface area contributed by atoms with Gasteiger partial charge in [-0.15, -0.1) is 0 Å². The summed E-state index contributed by atoms with van der Waals surface area (Å²) in [6.45, 7) is 6.28. The summed E-state index contributed by atoms with van der Waals surface area (Å²) in [7, 11) is 0. The zero-order chi connectivity index (χ0) is 15.6. The maximum Gasteiger partial charge on any atom is 0.263 e. The Morgan fingerprint density at radius 2 is 1.95 bits per heavy atom. The Labute approximate surface area is 122 Å². The molecular formula is C15H19F2NO3. The summed E-state index contributed by atoms with van der Waals surface area (Å²) in [4.78, 5) is 14.0. The minimum Gasteiger partial charge on any atom is -0.478 e. The lowest BCUT2D eigenvalue weighted by Crippen LogP contribution is -2.51. The van der Waals surface area contributed by atoms with Crippen LogP contribution >= 0.6 is 0 Å². The van der Waals surface area contributed by atoms with Gasteiger partial charge in [-0.05, 0) is 32.9 Å². The lowest BCUT2D eigenvalue weighted by atomic mass is 10.2. The topological polar surface area (TPSA) is 38.8 Å². The fourth-order valence-electron chi connectivity index (χ4n) is 2.43. The third-order valence-corrected chi connectivity index (χ3v) is 3.28. The first kappa shape index (κ1) is 15.7. The summed E-state index contributed by atoms with van der Waals surface area (Å²) in [5.74, 6) is -1.87. The van der Waals surface area contributed by atoms with Crippen LogP contribution in [0.4, 0.5) is 8.78 Å². The highest BCUT2D eigenvalue weighted by Crippen LogP contribution is 2.20. The van der Waals surface area contributed by atoms with Crippen molar-refractivity contribution in [3.05, 3.63) is 29.8 Å². The molecule has 1 aromatic carbocycles. The molecular weight excluding hydrogens is 280 g/mol. The van der Waals surface area contributed by atoms with Crippen molar-refractivity contribution < 1.29 is 23.0 Å². The van der Waals surface area contributed by atoms with Crippen LogP contribution in [-0.4, -0.2) is 42.2 Å². The number of halogens is 2. The number of morpholine rings is 1. The molecule has 1 fully saturated rings. The molecule has 1 saturated heterocycles. The van der Waals surface area contributed by atoms with Crippen LogP contribution in [-0.2, 0) is 9.53 Å². The number of hydrogen-bond acceptors (Lipinski definition) is 3. The minimum absolute atomic E-state index is 0.0487. The van der Waals surface area contributed by atoms with Crippen molar-refractivity contribution in [1.82, 2.24) is 4.90 Å². The fraction of sp³-hybridized carbons (Fsp3) is 0.533. The van der Waals surface area contributed by atoms with E-state index < -0.39 is 17.7 Å². The van der Waals surface area contributed by atoms with Gasteiger partial charge in [-0.3, -0.25) is 4.79 Å². The predicted octanol–water partition coefficient (Wildman–Crippen LogP) is 2.37. The van der Waals surface area contributed by atoms with Gasteiger partial charge in [0, 0.05) is 19.2 Å². The van der Waals surface area contributed by atoms with Crippen LogP contribution in [0.3, 0.4) is 0 Å². The third-order valence-electron chi connectivity index (χ3n) is 3.28. The minimum atomic E-state index is -0.845. The van der Waals surface area contributed by atoms with Gasteiger partial charge in [0.2, 0.25) is 0 Å². The zero-order valence-corrected chi connectivity index (χ0v) is 12.3. The van der Waals surface area contributed by atoms with E-state index in [0.29, 0.717) is 13.1 Å². The van der Waals surface area contributed by atoms with Gasteiger partial charge in [0.25, 0.3) is 5.91 Å². The quantitative estimate of drug-likeness (QED) is 0.860. The lowest BCUT2D eigenvalue weighted by molar-refractivity contribution is -0.149. The molecule has 0 unspecified atom stereocenters. The molecule has 0 bridgehead atoms. The van der Waals surface area contributed by atoms with Crippen LogP contribution in [0.5, 0.6) is 5.75 Å². The highest BCUT2D eigenvalue weighted by molar-refractivity contribution is 5.81. The van der Waals surface area contributed by atoms with Gasteiger partial charge in [0.1, 0.15) is 5.82 Å². The second-order valence-corrected chi connectivity index (χ2v) is 5.34. The Bertz CT molecular complexity index is 514. The molecule has 6 heteroatoms. The molecule has 116 valence electrons. The summed E-state index contributed by atoms with van der Waals surface area (Å²) in [5, 5.41) is 0. The van der Waals surface area contributed by atoms with Crippen molar-refractivity contribution in [2.24, 2.45) is 0 Å². The molecule has 0 spiro atoms. The first-order chi connectivity index (χ1) is 9.86. The van der Waals surface area contributed by atoms with Crippen molar-refractivity contribution in [2.45, 2.75) is 39.1 Å². The van der Waals surface area contributed by atoms with Crippen LogP contribution in [0.2, 0.25) is 0 Å². The van der Waals surface area contributed by atoms with E-state index in [9.17, 15) is 13.6 Å². The number of carbonyl (C=O) groups is 1. The average Bonchev–Trinajstić information content (AvgIpc) is 2.40. The predicted molar refractivity (Wildman–Crippen MR) is 73.0 cm³/mol. The molecule has 1 amide bonds. The SMILES string of the molecule is C[C@@H]1CN(C(=O)[C@@H](C)Oc2ccc(F)cc2F)C[C@@H](C)O1. The second kappa shape index (κ2) is 6.39. The number of rotatable bonds is 3. The summed E-state index contributed by atoms with van der Waals surface area (Å²) in [5.41, 5.74) is 0. The molecule has 0 N–H and O–H groups in total. The number of benzene rings is 1. The molecule has 2 rings (SSSR count). The molecule has 0 aliphatic carbocycles. The third kappa shape index (κ3) is 3.91. The molecule has 0 aromatic heterocycles. The molecule has 0 radical (unpaired) electrons. The molecule has 1 aromatic rings. The smallest absolute Gasteiger partial charge is 0.263 e. The first-order valence-corrected chi connectivity index (χ1v) is 6.92. The van der Waals surface area contributed by atoms with Crippen molar-refractivity contribution in [3.8, 4) is 5.75 Å². The van der Waals surface area contributed by atoms with Gasteiger partial charge in [-0.25, -0.2) is 8.78 Å². The second-order valence-electron chi connectivity index (χ2n) is 5.34. The maximum atomic E-state index is 13.5. The Morgan fingerprint density at radius 3 is 2.52 bits per heavy atom. The van der Waals surface area contributed by atoms with Gasteiger partial charge < -0.3 is 14.4 Å². The van der Waals surface area contributed by atoms with E-state index in [2.05, 4.69) is 0 Å². The average molecular weight is 299 g/mol. The van der Waals surface area contributed by atoms with E-state index in [4.69, 9.17) is 9.47 Å².